The van der Waals surface area contributed by atoms with Crippen LogP contribution in [0, 0.1) is 40.4 Å². The molecule has 1 saturated heterocycles. The van der Waals surface area contributed by atoms with E-state index in [4.69, 9.17) is 15.2 Å². The number of piperidine rings is 1. The quantitative estimate of drug-likeness (QED) is 0.204. The second kappa shape index (κ2) is 12.4. The van der Waals surface area contributed by atoms with Crippen molar-refractivity contribution in [2.45, 2.75) is 45.5 Å². The van der Waals surface area contributed by atoms with Crippen molar-refractivity contribution in [3.63, 3.8) is 0 Å². The number of aromatic nitrogens is 6. The highest BCUT2D eigenvalue weighted by atomic mass is 19.3. The Morgan fingerprint density at radius 3 is 2.61 bits per heavy atom. The van der Waals surface area contributed by atoms with E-state index in [9.17, 15) is 18.8 Å². The number of hydrogen-bond acceptors (Lipinski definition) is 11. The first-order chi connectivity index (χ1) is 20.9. The molecule has 1 saturated carbocycles. The van der Waals surface area contributed by atoms with Gasteiger partial charge in [0.1, 0.15) is 6.61 Å². The van der Waals surface area contributed by atoms with E-state index in [1.165, 1.54) is 6.92 Å². The van der Waals surface area contributed by atoms with Gasteiger partial charge in [0, 0.05) is 45.0 Å². The summed E-state index contributed by atoms with van der Waals surface area (Å²) in [6, 6.07) is 3.95. The average molecular weight is 606 g/mol. The molecule has 12 nitrogen and oxygen atoms in total. The zero-order chi connectivity index (χ0) is 31.5. The van der Waals surface area contributed by atoms with Gasteiger partial charge in [-0.2, -0.15) is 20.2 Å². The summed E-state index contributed by atoms with van der Waals surface area (Å²) in [5, 5.41) is 9.40. The third-order valence-electron chi connectivity index (χ3n) is 7.79. The highest BCUT2D eigenvalue weighted by Crippen LogP contribution is 2.45. The molecule has 0 bridgehead atoms. The maximum Gasteiger partial charge on any atom is 0.321 e. The van der Waals surface area contributed by atoms with Crippen LogP contribution in [0.15, 0.2) is 24.8 Å². The van der Waals surface area contributed by atoms with Crippen molar-refractivity contribution in [2.75, 3.05) is 36.9 Å². The molecule has 2 aliphatic rings. The van der Waals surface area contributed by atoms with Crippen molar-refractivity contribution in [3.8, 4) is 40.9 Å². The van der Waals surface area contributed by atoms with Gasteiger partial charge in [-0.05, 0) is 50.5 Å². The fraction of sp³-hybridized carbons (Fsp3) is 0.500. The van der Waals surface area contributed by atoms with Gasteiger partial charge >= 0.3 is 6.01 Å². The van der Waals surface area contributed by atoms with Crippen LogP contribution in [0.1, 0.15) is 50.1 Å². The number of carbonyl (C=O) groups is 1. The van der Waals surface area contributed by atoms with Gasteiger partial charge in [-0.15, -0.1) is 0 Å². The van der Waals surface area contributed by atoms with Crippen LogP contribution in [0.2, 0.25) is 0 Å². The Labute approximate surface area is 253 Å². The molecule has 1 atom stereocenters. The minimum atomic E-state index is -3.07. The van der Waals surface area contributed by atoms with Gasteiger partial charge in [0.05, 0.1) is 36.0 Å². The largest absolute Gasteiger partial charge is 0.489 e. The fourth-order valence-corrected chi connectivity index (χ4v) is 4.43. The molecule has 1 unspecified atom stereocenters. The molecule has 3 aromatic rings. The van der Waals surface area contributed by atoms with Crippen molar-refractivity contribution < 1.29 is 23.0 Å². The van der Waals surface area contributed by atoms with Gasteiger partial charge in [-0.3, -0.25) is 4.79 Å². The molecule has 1 aliphatic carbocycles. The number of ether oxygens (including phenoxy) is 2. The summed E-state index contributed by atoms with van der Waals surface area (Å²) in [5.74, 6) is 0.194. The molecule has 5 rings (SSSR count). The highest BCUT2D eigenvalue weighted by molar-refractivity contribution is 6.06. The van der Waals surface area contributed by atoms with Crippen LogP contribution < -0.4 is 20.1 Å². The first-order valence-electron chi connectivity index (χ1n) is 14.3. The summed E-state index contributed by atoms with van der Waals surface area (Å²) in [4.78, 5) is 36.1. The first kappa shape index (κ1) is 30.6. The predicted molar refractivity (Wildman–Crippen MR) is 156 cm³/mol. The average Bonchev–Trinajstić information content (AvgIpc) is 3.68. The van der Waals surface area contributed by atoms with Crippen LogP contribution in [0.3, 0.4) is 0 Å². The number of anilines is 2. The number of rotatable bonds is 10. The van der Waals surface area contributed by atoms with Crippen LogP contribution >= 0.6 is 0 Å². The number of hydrogen-bond donors (Lipinski definition) is 1. The van der Waals surface area contributed by atoms with Crippen LogP contribution in [-0.2, 0) is 7.05 Å². The van der Waals surface area contributed by atoms with E-state index in [0.717, 1.165) is 31.0 Å². The molecular weight excluding hydrogens is 572 g/mol. The lowest BCUT2D eigenvalue weighted by Crippen LogP contribution is -2.37. The van der Waals surface area contributed by atoms with Gasteiger partial charge in [0.25, 0.3) is 11.7 Å². The molecule has 14 heteroatoms. The van der Waals surface area contributed by atoms with Gasteiger partial charge in [-0.25, -0.2) is 18.7 Å². The molecule has 44 heavy (non-hydrogen) atoms. The summed E-state index contributed by atoms with van der Waals surface area (Å²) in [5.41, 5.74) is 7.04. The number of nitrogens with zero attached hydrogens (tertiary/aromatic N) is 8. The lowest BCUT2D eigenvalue weighted by molar-refractivity contribution is -0.0107. The predicted octanol–water partition coefficient (Wildman–Crippen LogP) is 3.70. The van der Waals surface area contributed by atoms with Gasteiger partial charge < -0.3 is 24.7 Å². The maximum absolute atomic E-state index is 13.6. The first-order valence-corrected chi connectivity index (χ1v) is 14.3. The molecule has 3 aromatic heterocycles. The minimum absolute atomic E-state index is 0.0737. The van der Waals surface area contributed by atoms with E-state index in [0.29, 0.717) is 44.1 Å². The van der Waals surface area contributed by atoms with Crippen molar-refractivity contribution in [3.05, 3.63) is 30.6 Å². The summed E-state index contributed by atoms with van der Waals surface area (Å²) >= 11 is 0. The summed E-state index contributed by atoms with van der Waals surface area (Å²) in [7, 11) is 1.89. The SMILES string of the molecule is CC(C#CC(=O)c1nc(OCC2(C#N)CC2)nc(N2CCC(COc3cc(-c4cn(C)cn4)cnc3N)CC2)n1)C(C)(F)F. The third-order valence-corrected chi connectivity index (χ3v) is 7.79. The van der Waals surface area contributed by atoms with Crippen molar-refractivity contribution >= 4 is 17.5 Å². The van der Waals surface area contributed by atoms with Gasteiger partial charge in [0.15, 0.2) is 11.6 Å². The second-order valence-electron chi connectivity index (χ2n) is 11.5. The molecule has 230 valence electrons. The van der Waals surface area contributed by atoms with Crippen molar-refractivity contribution in [1.29, 1.82) is 5.26 Å². The van der Waals surface area contributed by atoms with E-state index >= 15 is 0 Å². The normalized spacial score (nSPS) is 16.8. The second-order valence-corrected chi connectivity index (χ2v) is 11.5. The van der Waals surface area contributed by atoms with Crippen LogP contribution in [-0.4, -0.2) is 67.5 Å². The Morgan fingerprint density at radius 1 is 1.23 bits per heavy atom. The minimum Gasteiger partial charge on any atom is -0.489 e. The van der Waals surface area contributed by atoms with E-state index < -0.39 is 23.0 Å². The summed E-state index contributed by atoms with van der Waals surface area (Å²) in [6.45, 7) is 3.59. The standard InChI is InChI=1S/C30H33F2N9O3/c1-19(29(2,31)32)4-5-23(42)26-37-27(39-28(38-26)44-17-30(16-33)8-9-30)41-10-6-20(7-11-41)15-43-24-12-21(13-35-25(24)34)22-14-40(3)18-36-22/h12-14,18-20H,6-11,15,17H2,1-3H3,(H2,34,35). The van der Waals surface area contributed by atoms with E-state index in [1.54, 1.807) is 12.5 Å². The summed E-state index contributed by atoms with van der Waals surface area (Å²) < 4.78 is 40.7. The number of carbonyl (C=O) groups excluding carboxylic acids is 1. The Bertz CT molecular complexity index is 1620. The van der Waals surface area contributed by atoms with Crippen molar-refractivity contribution in [1.82, 2.24) is 29.5 Å². The molecular formula is C30H33F2N9O3. The lowest BCUT2D eigenvalue weighted by Gasteiger charge is -2.32. The lowest BCUT2D eigenvalue weighted by atomic mass is 9.98. The number of nitrogen functional groups attached to an aromatic ring is 1. The van der Waals surface area contributed by atoms with Crippen LogP contribution in [0.4, 0.5) is 20.5 Å². The fourth-order valence-electron chi connectivity index (χ4n) is 4.43. The number of nitrogens with two attached hydrogens (primary N) is 1. The molecule has 2 N–H and O–H groups in total. The van der Waals surface area contributed by atoms with Crippen LogP contribution in [0.5, 0.6) is 11.8 Å². The summed E-state index contributed by atoms with van der Waals surface area (Å²) in [6.07, 6.45) is 8.12. The molecule has 0 amide bonds. The molecule has 2 fully saturated rings. The van der Waals surface area contributed by atoms with Gasteiger partial charge in [-0.1, -0.05) is 5.92 Å². The van der Waals surface area contributed by atoms with E-state index in [2.05, 4.69) is 42.8 Å². The highest BCUT2D eigenvalue weighted by Gasteiger charge is 2.44. The number of pyridine rings is 1. The number of nitriles is 1. The molecule has 1 aliphatic heterocycles. The van der Waals surface area contributed by atoms with Gasteiger partial charge in [0.2, 0.25) is 11.8 Å². The number of aryl methyl sites for hydroxylation is 1. The molecule has 0 aromatic carbocycles. The smallest absolute Gasteiger partial charge is 0.321 e. The number of ketones is 1. The van der Waals surface area contributed by atoms with Crippen molar-refractivity contribution in [2.24, 2.45) is 24.3 Å². The Balaban J connectivity index is 1.25. The molecule has 4 heterocycles. The zero-order valence-corrected chi connectivity index (χ0v) is 24.8. The number of halogens is 2. The molecule has 0 radical (unpaired) electrons. The monoisotopic (exact) mass is 605 g/mol. The topological polar surface area (TPSA) is 158 Å². The Morgan fingerprint density at radius 2 is 1.98 bits per heavy atom. The van der Waals surface area contributed by atoms with Crippen LogP contribution in [0.25, 0.3) is 11.3 Å². The number of Topliss-reactive ketones (excluding diaryl/α,β-unsaturated/α-hetero) is 1. The third kappa shape index (κ3) is 7.37. The zero-order valence-electron chi connectivity index (χ0n) is 24.8. The number of alkyl halides is 2. The van der Waals surface area contributed by atoms with E-state index in [1.807, 2.05) is 28.8 Å². The Hall–Kier alpha value is -4.85. The van der Waals surface area contributed by atoms with E-state index in [-0.39, 0.29) is 30.3 Å². The maximum atomic E-state index is 13.6. The number of imidazole rings is 1. The molecule has 0 spiro atoms. The Kier molecular flexibility index (Phi) is 8.63.